The summed E-state index contributed by atoms with van der Waals surface area (Å²) in [6, 6.07) is 9.05. The number of hydrogen-bond donors (Lipinski definition) is 1. The molecule has 2 heterocycles. The van der Waals surface area contributed by atoms with Crippen molar-refractivity contribution >= 4 is 57.8 Å². The lowest BCUT2D eigenvalue weighted by Crippen LogP contribution is -2.19. The molecule has 7 heteroatoms. The highest BCUT2D eigenvalue weighted by Crippen LogP contribution is 2.34. The molecule has 1 N–H and O–H groups in total. The fourth-order valence-electron chi connectivity index (χ4n) is 1.93. The first-order chi connectivity index (χ1) is 10.5. The van der Waals surface area contributed by atoms with Crippen LogP contribution in [0.3, 0.4) is 0 Å². The average molecular weight is 352 g/mol. The standard InChI is InChI=1S/C15H11Cl2N3OS/c1-20-7-3-4-9(20)8-12-14(21)19-15(22-12)18-11-6-2-5-10(16)13(11)17/h2-8H,1H3,(H,18,19,21)/b12-8-. The van der Waals surface area contributed by atoms with E-state index in [2.05, 4.69) is 10.3 Å². The fourth-order valence-corrected chi connectivity index (χ4v) is 3.08. The van der Waals surface area contributed by atoms with Gasteiger partial charge in [0.1, 0.15) is 0 Å². The largest absolute Gasteiger partial charge is 0.351 e. The average Bonchev–Trinajstić information content (AvgIpc) is 3.03. The van der Waals surface area contributed by atoms with Gasteiger partial charge in [-0.1, -0.05) is 29.3 Å². The monoisotopic (exact) mass is 351 g/mol. The SMILES string of the molecule is Cn1cccc1/C=C1\SC(=Nc2cccc(Cl)c2Cl)NC1=O. The van der Waals surface area contributed by atoms with Crippen molar-refractivity contribution in [3.05, 3.63) is 57.2 Å². The van der Waals surface area contributed by atoms with Crippen LogP contribution in [0.15, 0.2) is 46.4 Å². The maximum Gasteiger partial charge on any atom is 0.264 e. The zero-order chi connectivity index (χ0) is 15.7. The van der Waals surface area contributed by atoms with Gasteiger partial charge in [0, 0.05) is 18.9 Å². The Bertz CT molecular complexity index is 811. The van der Waals surface area contributed by atoms with Crippen LogP contribution in [0, 0.1) is 0 Å². The third-order valence-corrected chi connectivity index (χ3v) is 4.79. The molecule has 0 unspecified atom stereocenters. The zero-order valence-electron chi connectivity index (χ0n) is 11.5. The number of thioether (sulfide) groups is 1. The van der Waals surface area contributed by atoms with Crippen LogP contribution in [0.25, 0.3) is 6.08 Å². The first kappa shape index (κ1) is 15.2. The molecular weight excluding hydrogens is 341 g/mol. The van der Waals surface area contributed by atoms with Crippen LogP contribution >= 0.6 is 35.0 Å². The molecule has 0 aliphatic carbocycles. The van der Waals surface area contributed by atoms with Crippen LogP contribution in [-0.4, -0.2) is 15.6 Å². The van der Waals surface area contributed by atoms with E-state index in [-0.39, 0.29) is 5.91 Å². The normalized spacial score (nSPS) is 18.2. The van der Waals surface area contributed by atoms with Crippen molar-refractivity contribution in [3.8, 4) is 0 Å². The summed E-state index contributed by atoms with van der Waals surface area (Å²) >= 11 is 13.3. The van der Waals surface area contributed by atoms with E-state index in [1.807, 2.05) is 36.0 Å². The number of amides is 1. The first-order valence-corrected chi connectivity index (χ1v) is 7.97. The number of aromatic nitrogens is 1. The lowest BCUT2D eigenvalue weighted by atomic mass is 10.3. The molecule has 1 aliphatic heterocycles. The van der Waals surface area contributed by atoms with Gasteiger partial charge in [-0.2, -0.15) is 0 Å². The van der Waals surface area contributed by atoms with Crippen molar-refractivity contribution < 1.29 is 4.79 Å². The van der Waals surface area contributed by atoms with Crippen LogP contribution in [0.2, 0.25) is 10.0 Å². The summed E-state index contributed by atoms with van der Waals surface area (Å²) in [5, 5.41) is 4.00. The van der Waals surface area contributed by atoms with Crippen molar-refractivity contribution in [3.63, 3.8) is 0 Å². The van der Waals surface area contributed by atoms with E-state index in [1.165, 1.54) is 11.8 Å². The molecule has 3 rings (SSSR count). The van der Waals surface area contributed by atoms with Gasteiger partial charge in [0.05, 0.1) is 20.6 Å². The van der Waals surface area contributed by atoms with Gasteiger partial charge < -0.3 is 9.88 Å². The Kier molecular flexibility index (Phi) is 4.29. The Morgan fingerprint density at radius 2 is 2.09 bits per heavy atom. The highest BCUT2D eigenvalue weighted by atomic mass is 35.5. The minimum Gasteiger partial charge on any atom is -0.351 e. The van der Waals surface area contributed by atoms with Gasteiger partial charge in [-0.05, 0) is 42.1 Å². The van der Waals surface area contributed by atoms with Gasteiger partial charge in [-0.15, -0.1) is 0 Å². The molecule has 1 aromatic carbocycles. The van der Waals surface area contributed by atoms with E-state index in [4.69, 9.17) is 23.2 Å². The highest BCUT2D eigenvalue weighted by molar-refractivity contribution is 8.18. The Morgan fingerprint density at radius 1 is 1.27 bits per heavy atom. The molecule has 1 fully saturated rings. The van der Waals surface area contributed by atoms with Gasteiger partial charge in [0.15, 0.2) is 5.17 Å². The number of nitrogens with zero attached hydrogens (tertiary/aromatic N) is 2. The third-order valence-electron chi connectivity index (χ3n) is 3.07. The fraction of sp³-hybridized carbons (Fsp3) is 0.0667. The second-order valence-corrected chi connectivity index (χ2v) is 6.41. The minimum absolute atomic E-state index is 0.178. The van der Waals surface area contributed by atoms with E-state index in [0.717, 1.165) is 5.69 Å². The molecule has 0 radical (unpaired) electrons. The number of carbonyl (C=O) groups excluding carboxylic acids is 1. The van der Waals surface area contributed by atoms with E-state index < -0.39 is 0 Å². The number of aliphatic imine (C=N–C) groups is 1. The van der Waals surface area contributed by atoms with Crippen LogP contribution in [0.4, 0.5) is 5.69 Å². The molecule has 1 saturated heterocycles. The van der Waals surface area contributed by atoms with Crippen molar-refractivity contribution in [1.82, 2.24) is 9.88 Å². The zero-order valence-corrected chi connectivity index (χ0v) is 13.8. The van der Waals surface area contributed by atoms with Crippen LogP contribution in [0.1, 0.15) is 5.69 Å². The number of nitrogens with one attached hydrogen (secondary N) is 1. The Morgan fingerprint density at radius 3 is 2.82 bits per heavy atom. The number of aryl methyl sites for hydroxylation is 1. The summed E-state index contributed by atoms with van der Waals surface area (Å²) < 4.78 is 1.93. The van der Waals surface area contributed by atoms with E-state index in [9.17, 15) is 4.79 Å². The Hall–Kier alpha value is -1.69. The smallest absolute Gasteiger partial charge is 0.264 e. The van der Waals surface area contributed by atoms with Crippen LogP contribution in [0.5, 0.6) is 0 Å². The highest BCUT2D eigenvalue weighted by Gasteiger charge is 2.24. The number of hydrogen-bond acceptors (Lipinski definition) is 3. The number of carbonyl (C=O) groups is 1. The molecule has 0 atom stereocenters. The molecule has 112 valence electrons. The Labute approximate surface area is 141 Å². The van der Waals surface area contributed by atoms with Gasteiger partial charge >= 0.3 is 0 Å². The Balaban J connectivity index is 1.89. The number of benzene rings is 1. The number of amidine groups is 1. The molecule has 1 aliphatic rings. The molecule has 0 saturated carbocycles. The molecule has 1 amide bonds. The summed E-state index contributed by atoms with van der Waals surface area (Å²) in [6.45, 7) is 0. The maximum atomic E-state index is 12.0. The lowest BCUT2D eigenvalue weighted by molar-refractivity contribution is -0.115. The van der Waals surface area contributed by atoms with E-state index >= 15 is 0 Å². The van der Waals surface area contributed by atoms with Crippen molar-refractivity contribution in [2.75, 3.05) is 0 Å². The number of rotatable bonds is 2. The first-order valence-electron chi connectivity index (χ1n) is 6.39. The van der Waals surface area contributed by atoms with Crippen molar-refractivity contribution in [2.24, 2.45) is 12.0 Å². The lowest BCUT2D eigenvalue weighted by Gasteiger charge is -2.00. The minimum atomic E-state index is -0.178. The summed E-state index contributed by atoms with van der Waals surface area (Å²) in [5.74, 6) is -0.178. The van der Waals surface area contributed by atoms with Gasteiger partial charge in [0.2, 0.25) is 0 Å². The van der Waals surface area contributed by atoms with Gasteiger partial charge in [0.25, 0.3) is 5.91 Å². The van der Waals surface area contributed by atoms with Gasteiger partial charge in [-0.25, -0.2) is 4.99 Å². The summed E-state index contributed by atoms with van der Waals surface area (Å²) in [6.07, 6.45) is 3.74. The molecule has 0 bridgehead atoms. The maximum absolute atomic E-state index is 12.0. The van der Waals surface area contributed by atoms with Crippen molar-refractivity contribution in [1.29, 1.82) is 0 Å². The van der Waals surface area contributed by atoms with E-state index in [1.54, 1.807) is 18.2 Å². The van der Waals surface area contributed by atoms with Crippen LogP contribution in [-0.2, 0) is 11.8 Å². The summed E-state index contributed by atoms with van der Waals surface area (Å²) in [5.41, 5.74) is 1.47. The molecular formula is C15H11Cl2N3OS. The predicted molar refractivity (Wildman–Crippen MR) is 92.7 cm³/mol. The summed E-state index contributed by atoms with van der Waals surface area (Å²) in [7, 11) is 1.92. The van der Waals surface area contributed by atoms with E-state index in [0.29, 0.717) is 25.8 Å². The second kappa shape index (κ2) is 6.20. The molecule has 2 aromatic rings. The molecule has 1 aromatic heterocycles. The topological polar surface area (TPSA) is 46.4 Å². The van der Waals surface area contributed by atoms with Crippen molar-refractivity contribution in [2.45, 2.75) is 0 Å². The second-order valence-electron chi connectivity index (χ2n) is 4.60. The number of halogens is 2. The third kappa shape index (κ3) is 3.06. The van der Waals surface area contributed by atoms with Crippen LogP contribution < -0.4 is 5.32 Å². The quantitative estimate of drug-likeness (QED) is 0.823. The molecule has 4 nitrogen and oxygen atoms in total. The van der Waals surface area contributed by atoms with Gasteiger partial charge in [-0.3, -0.25) is 4.79 Å². The molecule has 0 spiro atoms. The summed E-state index contributed by atoms with van der Waals surface area (Å²) in [4.78, 5) is 17.0. The molecule has 22 heavy (non-hydrogen) atoms. The predicted octanol–water partition coefficient (Wildman–Crippen LogP) is 4.22.